The summed E-state index contributed by atoms with van der Waals surface area (Å²) < 4.78 is 0. The van der Waals surface area contributed by atoms with Gasteiger partial charge in [0.1, 0.15) is 5.01 Å². The highest BCUT2D eigenvalue weighted by molar-refractivity contribution is 7.09. The Morgan fingerprint density at radius 2 is 2.00 bits per heavy atom. The monoisotopic (exact) mass is 293 g/mol. The van der Waals surface area contributed by atoms with Crippen molar-refractivity contribution in [2.24, 2.45) is 0 Å². The van der Waals surface area contributed by atoms with Gasteiger partial charge in [0.15, 0.2) is 0 Å². The van der Waals surface area contributed by atoms with Gasteiger partial charge in [-0.25, -0.2) is 4.98 Å². The molecule has 0 bridgehead atoms. The summed E-state index contributed by atoms with van der Waals surface area (Å²) in [5.74, 6) is 1.70. The van der Waals surface area contributed by atoms with E-state index in [-0.39, 0.29) is 6.04 Å². The van der Waals surface area contributed by atoms with E-state index in [1.807, 2.05) is 30.6 Å². The molecule has 7 nitrogen and oxygen atoms in total. The second kappa shape index (κ2) is 6.47. The molecule has 2 aromatic rings. The Labute approximate surface area is 122 Å². The molecule has 2 N–H and O–H groups in total. The molecule has 0 aromatic carbocycles. The van der Waals surface area contributed by atoms with Crippen molar-refractivity contribution in [3.05, 3.63) is 16.6 Å². The molecule has 2 aromatic heterocycles. The van der Waals surface area contributed by atoms with Crippen molar-refractivity contribution in [3.8, 4) is 0 Å². The summed E-state index contributed by atoms with van der Waals surface area (Å²) in [6.07, 6.45) is 2.72. The second-order valence-electron chi connectivity index (χ2n) is 4.40. The van der Waals surface area contributed by atoms with E-state index >= 15 is 0 Å². The van der Waals surface area contributed by atoms with Gasteiger partial charge in [-0.05, 0) is 6.42 Å². The summed E-state index contributed by atoms with van der Waals surface area (Å²) >= 11 is 1.62. The highest BCUT2D eigenvalue weighted by atomic mass is 32.1. The molecule has 0 aliphatic heterocycles. The van der Waals surface area contributed by atoms with Crippen LogP contribution in [0.15, 0.2) is 11.6 Å². The zero-order valence-corrected chi connectivity index (χ0v) is 12.9. The average molecular weight is 293 g/mol. The van der Waals surface area contributed by atoms with E-state index in [2.05, 4.69) is 37.5 Å². The van der Waals surface area contributed by atoms with E-state index in [1.54, 1.807) is 18.4 Å². The summed E-state index contributed by atoms with van der Waals surface area (Å²) in [7, 11) is 5.59. The minimum atomic E-state index is 0.108. The van der Waals surface area contributed by atoms with Gasteiger partial charge in [-0.1, -0.05) is 6.92 Å². The maximum Gasteiger partial charge on any atom is 0.231 e. The van der Waals surface area contributed by atoms with Gasteiger partial charge in [0.25, 0.3) is 0 Å². The fourth-order valence-electron chi connectivity index (χ4n) is 1.64. The van der Waals surface area contributed by atoms with Crippen LogP contribution in [-0.2, 0) is 0 Å². The zero-order chi connectivity index (χ0) is 14.5. The molecule has 0 amide bonds. The largest absolute Gasteiger partial charge is 0.357 e. The van der Waals surface area contributed by atoms with Crippen LogP contribution in [0, 0.1) is 0 Å². The van der Waals surface area contributed by atoms with Crippen LogP contribution in [0.25, 0.3) is 0 Å². The molecular weight excluding hydrogens is 274 g/mol. The summed E-state index contributed by atoms with van der Waals surface area (Å²) in [5.41, 5.74) is 0. The van der Waals surface area contributed by atoms with Gasteiger partial charge in [-0.3, -0.25) is 0 Å². The van der Waals surface area contributed by atoms with E-state index < -0.39 is 0 Å². The van der Waals surface area contributed by atoms with Crippen molar-refractivity contribution in [1.29, 1.82) is 0 Å². The lowest BCUT2D eigenvalue weighted by atomic mass is 10.2. The van der Waals surface area contributed by atoms with Crippen molar-refractivity contribution in [3.63, 3.8) is 0 Å². The Kier molecular flexibility index (Phi) is 4.67. The maximum absolute atomic E-state index is 4.41. The van der Waals surface area contributed by atoms with Gasteiger partial charge < -0.3 is 15.5 Å². The lowest BCUT2D eigenvalue weighted by molar-refractivity contribution is 0.729. The quantitative estimate of drug-likeness (QED) is 0.843. The molecule has 0 saturated heterocycles. The van der Waals surface area contributed by atoms with Crippen LogP contribution in [0.3, 0.4) is 0 Å². The molecule has 0 fully saturated rings. The van der Waals surface area contributed by atoms with Crippen LogP contribution < -0.4 is 15.5 Å². The van der Waals surface area contributed by atoms with Crippen molar-refractivity contribution >= 4 is 29.2 Å². The zero-order valence-electron chi connectivity index (χ0n) is 12.1. The van der Waals surface area contributed by atoms with E-state index in [9.17, 15) is 0 Å². The first kappa shape index (κ1) is 14.4. The third kappa shape index (κ3) is 3.32. The van der Waals surface area contributed by atoms with Crippen LogP contribution in [-0.4, -0.2) is 41.1 Å². The van der Waals surface area contributed by atoms with E-state index in [0.717, 1.165) is 11.4 Å². The molecule has 0 spiro atoms. The second-order valence-corrected chi connectivity index (χ2v) is 5.33. The first-order chi connectivity index (χ1) is 9.63. The van der Waals surface area contributed by atoms with Crippen LogP contribution in [0.2, 0.25) is 0 Å². The highest BCUT2D eigenvalue weighted by Crippen LogP contribution is 2.23. The molecule has 0 saturated carbocycles. The predicted molar refractivity (Wildman–Crippen MR) is 82.5 cm³/mol. The van der Waals surface area contributed by atoms with Gasteiger partial charge in [0.05, 0.1) is 6.04 Å². The molecule has 108 valence electrons. The number of nitrogens with one attached hydrogen (secondary N) is 2. The number of anilines is 3. The smallest absolute Gasteiger partial charge is 0.231 e. The molecular formula is C12H19N7S. The van der Waals surface area contributed by atoms with Crippen LogP contribution in [0.5, 0.6) is 0 Å². The van der Waals surface area contributed by atoms with E-state index in [1.165, 1.54) is 0 Å². The van der Waals surface area contributed by atoms with Crippen molar-refractivity contribution in [2.45, 2.75) is 19.4 Å². The topological polar surface area (TPSA) is 78.9 Å². The molecule has 2 heterocycles. The molecule has 0 radical (unpaired) electrons. The Morgan fingerprint density at radius 3 is 2.55 bits per heavy atom. The Hall–Kier alpha value is -1.96. The Morgan fingerprint density at radius 1 is 1.25 bits per heavy atom. The summed E-state index contributed by atoms with van der Waals surface area (Å²) in [6.45, 7) is 2.10. The SMILES string of the molecule is CCC(Nc1nc(NC)nc(N(C)C)n1)c1nccs1. The lowest BCUT2D eigenvalue weighted by Crippen LogP contribution is -2.18. The minimum Gasteiger partial charge on any atom is -0.357 e. The third-order valence-corrected chi connectivity index (χ3v) is 3.60. The first-order valence-electron chi connectivity index (χ1n) is 6.41. The van der Waals surface area contributed by atoms with Crippen molar-refractivity contribution in [1.82, 2.24) is 19.9 Å². The standard InChI is InChI=1S/C12H19N7S/c1-5-8(9-14-6-7-20-9)15-11-16-10(13-2)17-12(18-11)19(3)4/h6-8H,5H2,1-4H3,(H2,13,15,16,17,18). The number of thiazole rings is 1. The first-order valence-corrected chi connectivity index (χ1v) is 7.29. The lowest BCUT2D eigenvalue weighted by Gasteiger charge is -2.17. The number of nitrogens with zero attached hydrogens (tertiary/aromatic N) is 5. The van der Waals surface area contributed by atoms with Gasteiger partial charge in [-0.2, -0.15) is 15.0 Å². The molecule has 1 unspecified atom stereocenters. The maximum atomic E-state index is 4.41. The van der Waals surface area contributed by atoms with Crippen LogP contribution >= 0.6 is 11.3 Å². The Balaban J connectivity index is 2.25. The van der Waals surface area contributed by atoms with Crippen molar-refractivity contribution < 1.29 is 0 Å². The van der Waals surface area contributed by atoms with Gasteiger partial charge in [0, 0.05) is 32.7 Å². The normalized spacial score (nSPS) is 12.0. The Bertz CT molecular complexity index is 541. The fraction of sp³-hybridized carbons (Fsp3) is 0.500. The summed E-state index contributed by atoms with van der Waals surface area (Å²) in [5, 5.41) is 9.27. The minimum absolute atomic E-state index is 0.108. The number of rotatable bonds is 6. The van der Waals surface area contributed by atoms with E-state index in [0.29, 0.717) is 17.8 Å². The van der Waals surface area contributed by atoms with Gasteiger partial charge in [-0.15, -0.1) is 11.3 Å². The van der Waals surface area contributed by atoms with Crippen LogP contribution in [0.4, 0.5) is 17.8 Å². The van der Waals surface area contributed by atoms with Gasteiger partial charge in [0.2, 0.25) is 17.8 Å². The number of aromatic nitrogens is 4. The molecule has 2 rings (SSSR count). The predicted octanol–water partition coefficient (Wildman–Crippen LogP) is 2.00. The summed E-state index contributed by atoms with van der Waals surface area (Å²) in [4.78, 5) is 19.2. The van der Waals surface area contributed by atoms with E-state index in [4.69, 9.17) is 0 Å². The molecule has 20 heavy (non-hydrogen) atoms. The molecule has 8 heteroatoms. The third-order valence-electron chi connectivity index (χ3n) is 2.71. The summed E-state index contributed by atoms with van der Waals surface area (Å²) in [6, 6.07) is 0.108. The molecule has 1 atom stereocenters. The average Bonchev–Trinajstić information content (AvgIpc) is 2.98. The highest BCUT2D eigenvalue weighted by Gasteiger charge is 2.15. The molecule has 0 aliphatic rings. The molecule has 0 aliphatic carbocycles. The van der Waals surface area contributed by atoms with Crippen molar-refractivity contribution in [2.75, 3.05) is 36.7 Å². The van der Waals surface area contributed by atoms with Crippen LogP contribution in [0.1, 0.15) is 24.4 Å². The van der Waals surface area contributed by atoms with Gasteiger partial charge >= 0.3 is 0 Å². The number of hydrogen-bond donors (Lipinski definition) is 2. The number of hydrogen-bond acceptors (Lipinski definition) is 8. The fourth-order valence-corrected chi connectivity index (χ4v) is 2.41.